The average molecular weight is 443 g/mol. The summed E-state index contributed by atoms with van der Waals surface area (Å²) in [6.45, 7) is 0.0490. The largest absolute Gasteiger partial charge is 0.467 e. The van der Waals surface area contributed by atoms with E-state index in [1.165, 1.54) is 23.3 Å². The molecule has 6 nitrogen and oxygen atoms in total. The summed E-state index contributed by atoms with van der Waals surface area (Å²) >= 11 is 7.62. The molecule has 2 aromatic carbocycles. The molecule has 1 N–H and O–H groups in total. The maximum Gasteiger partial charge on any atom is 0.328 e. The lowest BCUT2D eigenvalue weighted by molar-refractivity contribution is -0.153. The van der Waals surface area contributed by atoms with Crippen molar-refractivity contribution in [3.63, 3.8) is 0 Å². The van der Waals surface area contributed by atoms with Crippen LogP contribution in [0.25, 0.3) is 10.1 Å². The number of esters is 1. The molecule has 30 heavy (non-hydrogen) atoms. The molecule has 0 saturated carbocycles. The SMILES string of the molecule is COC(=O)C1Cc2ccccc2CN1C(=O)CNC(=O)c1sc2ccccc2c1Cl. The van der Waals surface area contributed by atoms with Crippen LogP contribution in [-0.2, 0) is 27.3 Å². The molecule has 2 amide bonds. The summed E-state index contributed by atoms with van der Waals surface area (Å²) in [6.07, 6.45) is 0.380. The van der Waals surface area contributed by atoms with Gasteiger partial charge in [-0.25, -0.2) is 4.79 Å². The third kappa shape index (κ3) is 3.78. The Morgan fingerprint density at radius 1 is 1.13 bits per heavy atom. The van der Waals surface area contributed by atoms with E-state index in [1.54, 1.807) is 0 Å². The molecule has 3 aromatic rings. The Morgan fingerprint density at radius 2 is 1.83 bits per heavy atom. The third-order valence-corrected chi connectivity index (χ3v) is 6.86. The molecule has 0 saturated heterocycles. The molecule has 1 atom stereocenters. The van der Waals surface area contributed by atoms with Crippen molar-refractivity contribution in [1.82, 2.24) is 10.2 Å². The van der Waals surface area contributed by atoms with Gasteiger partial charge in [0.05, 0.1) is 18.7 Å². The number of carbonyl (C=O) groups excluding carboxylic acids is 3. The summed E-state index contributed by atoms with van der Waals surface area (Å²) in [5.74, 6) is -1.25. The maximum atomic E-state index is 12.9. The molecule has 1 aliphatic heterocycles. The minimum atomic E-state index is -0.720. The maximum absolute atomic E-state index is 12.9. The van der Waals surface area contributed by atoms with Crippen molar-refractivity contribution < 1.29 is 19.1 Å². The number of rotatable bonds is 4. The molecule has 154 valence electrons. The minimum Gasteiger partial charge on any atom is -0.467 e. The van der Waals surface area contributed by atoms with E-state index in [-0.39, 0.29) is 19.0 Å². The number of fused-ring (bicyclic) bond motifs is 2. The fourth-order valence-corrected chi connectivity index (χ4v) is 5.06. The molecule has 1 unspecified atom stereocenters. The number of halogens is 1. The molecular weight excluding hydrogens is 424 g/mol. The van der Waals surface area contributed by atoms with Crippen LogP contribution in [0.1, 0.15) is 20.8 Å². The number of methoxy groups -OCH3 is 1. The van der Waals surface area contributed by atoms with Gasteiger partial charge < -0.3 is 15.0 Å². The fraction of sp³-hybridized carbons (Fsp3) is 0.227. The Balaban J connectivity index is 1.50. The zero-order chi connectivity index (χ0) is 21.3. The lowest BCUT2D eigenvalue weighted by Gasteiger charge is -2.35. The number of amides is 2. The van der Waals surface area contributed by atoms with Gasteiger partial charge in [0.1, 0.15) is 10.9 Å². The molecular formula is C22H19ClN2O4S. The van der Waals surface area contributed by atoms with Crippen molar-refractivity contribution in [2.45, 2.75) is 19.0 Å². The third-order valence-electron chi connectivity index (χ3n) is 5.18. The molecule has 1 aromatic heterocycles. The van der Waals surface area contributed by atoms with Crippen LogP contribution >= 0.6 is 22.9 Å². The molecule has 0 bridgehead atoms. The number of benzene rings is 2. The predicted molar refractivity (Wildman–Crippen MR) is 116 cm³/mol. The highest BCUT2D eigenvalue weighted by atomic mass is 35.5. The smallest absolute Gasteiger partial charge is 0.328 e. The molecule has 4 rings (SSSR count). The summed E-state index contributed by atoms with van der Waals surface area (Å²) in [5, 5.41) is 3.82. The van der Waals surface area contributed by atoms with E-state index in [0.29, 0.717) is 16.3 Å². The van der Waals surface area contributed by atoms with E-state index in [0.717, 1.165) is 21.2 Å². The average Bonchev–Trinajstić information content (AvgIpc) is 3.12. The van der Waals surface area contributed by atoms with E-state index in [2.05, 4.69) is 5.32 Å². The summed E-state index contributed by atoms with van der Waals surface area (Å²) in [5.41, 5.74) is 1.99. The van der Waals surface area contributed by atoms with E-state index < -0.39 is 17.9 Å². The van der Waals surface area contributed by atoms with Gasteiger partial charge in [-0.2, -0.15) is 0 Å². The van der Waals surface area contributed by atoms with Crippen molar-refractivity contribution in [3.8, 4) is 0 Å². The lowest BCUT2D eigenvalue weighted by atomic mass is 9.94. The van der Waals surface area contributed by atoms with Crippen LogP contribution in [0.3, 0.4) is 0 Å². The van der Waals surface area contributed by atoms with Crippen LogP contribution in [0.5, 0.6) is 0 Å². The van der Waals surface area contributed by atoms with Gasteiger partial charge in [-0.05, 0) is 17.2 Å². The van der Waals surface area contributed by atoms with Gasteiger partial charge in [0, 0.05) is 23.1 Å². The second-order valence-corrected chi connectivity index (χ2v) is 8.39. The highest BCUT2D eigenvalue weighted by Gasteiger charge is 2.35. The van der Waals surface area contributed by atoms with E-state index >= 15 is 0 Å². The summed E-state index contributed by atoms with van der Waals surface area (Å²) < 4.78 is 5.79. The molecule has 0 fully saturated rings. The molecule has 2 heterocycles. The zero-order valence-corrected chi connectivity index (χ0v) is 17.8. The second kappa shape index (κ2) is 8.45. The number of thiophene rings is 1. The molecule has 0 radical (unpaired) electrons. The Bertz CT molecular complexity index is 1140. The van der Waals surface area contributed by atoms with Gasteiger partial charge in [-0.3, -0.25) is 9.59 Å². The molecule has 1 aliphatic rings. The number of hydrogen-bond acceptors (Lipinski definition) is 5. The van der Waals surface area contributed by atoms with Crippen molar-refractivity contribution in [2.24, 2.45) is 0 Å². The normalized spacial score (nSPS) is 15.5. The lowest BCUT2D eigenvalue weighted by Crippen LogP contribution is -2.51. The van der Waals surface area contributed by atoms with Crippen molar-refractivity contribution in [2.75, 3.05) is 13.7 Å². The van der Waals surface area contributed by atoms with Gasteiger partial charge in [0.15, 0.2) is 0 Å². The monoisotopic (exact) mass is 442 g/mol. The van der Waals surface area contributed by atoms with Gasteiger partial charge in [-0.1, -0.05) is 54.1 Å². The highest BCUT2D eigenvalue weighted by Crippen LogP contribution is 2.35. The number of nitrogens with zero attached hydrogens (tertiary/aromatic N) is 1. The zero-order valence-electron chi connectivity index (χ0n) is 16.2. The molecule has 8 heteroatoms. The number of carbonyl (C=O) groups is 3. The van der Waals surface area contributed by atoms with E-state index in [4.69, 9.17) is 16.3 Å². The first-order chi connectivity index (χ1) is 14.5. The van der Waals surface area contributed by atoms with Gasteiger partial charge in [0.2, 0.25) is 5.91 Å². The fourth-order valence-electron chi connectivity index (χ4n) is 3.63. The van der Waals surface area contributed by atoms with Crippen molar-refractivity contribution >= 4 is 50.8 Å². The van der Waals surface area contributed by atoms with Crippen LogP contribution in [0.2, 0.25) is 5.02 Å². The first-order valence-electron chi connectivity index (χ1n) is 9.39. The first-order valence-corrected chi connectivity index (χ1v) is 10.6. The summed E-state index contributed by atoms with van der Waals surface area (Å²) in [7, 11) is 1.30. The van der Waals surface area contributed by atoms with Crippen LogP contribution in [0.15, 0.2) is 48.5 Å². The van der Waals surface area contributed by atoms with Gasteiger partial charge in [0.25, 0.3) is 5.91 Å². The number of hydrogen-bond donors (Lipinski definition) is 1. The van der Waals surface area contributed by atoms with Crippen molar-refractivity contribution in [1.29, 1.82) is 0 Å². The van der Waals surface area contributed by atoms with Gasteiger partial charge in [-0.15, -0.1) is 11.3 Å². The Morgan fingerprint density at radius 3 is 2.57 bits per heavy atom. The van der Waals surface area contributed by atoms with E-state index in [9.17, 15) is 14.4 Å². The quantitative estimate of drug-likeness (QED) is 0.628. The number of nitrogens with one attached hydrogen (secondary N) is 1. The molecule has 0 spiro atoms. The standard InChI is InChI=1S/C22H19ClN2O4S/c1-29-22(28)16-10-13-6-2-3-7-14(13)12-25(16)18(26)11-24-21(27)20-19(23)15-8-4-5-9-17(15)30-20/h2-9,16H,10-12H2,1H3,(H,24,27). The first kappa shape index (κ1) is 20.4. The Kier molecular flexibility index (Phi) is 5.74. The summed E-state index contributed by atoms with van der Waals surface area (Å²) in [6, 6.07) is 14.4. The highest BCUT2D eigenvalue weighted by molar-refractivity contribution is 7.21. The van der Waals surface area contributed by atoms with Crippen molar-refractivity contribution in [3.05, 3.63) is 69.6 Å². The van der Waals surface area contributed by atoms with Crippen LogP contribution < -0.4 is 5.32 Å². The Hall–Kier alpha value is -2.90. The second-order valence-electron chi connectivity index (χ2n) is 6.96. The van der Waals surface area contributed by atoms with Gasteiger partial charge >= 0.3 is 5.97 Å². The predicted octanol–water partition coefficient (Wildman–Crippen LogP) is 3.41. The minimum absolute atomic E-state index is 0.237. The van der Waals surface area contributed by atoms with Crippen LogP contribution in [0.4, 0.5) is 0 Å². The number of ether oxygens (including phenoxy) is 1. The van der Waals surface area contributed by atoms with Crippen LogP contribution in [-0.4, -0.2) is 42.4 Å². The topological polar surface area (TPSA) is 75.7 Å². The molecule has 0 aliphatic carbocycles. The van der Waals surface area contributed by atoms with E-state index in [1.807, 2.05) is 48.5 Å². The Labute approximate surface area is 182 Å². The van der Waals surface area contributed by atoms with Crippen LogP contribution in [0, 0.1) is 0 Å². The summed E-state index contributed by atoms with van der Waals surface area (Å²) in [4.78, 5) is 39.6.